The molecule has 0 radical (unpaired) electrons. The van der Waals surface area contributed by atoms with Gasteiger partial charge in [0.2, 0.25) is 5.91 Å². The van der Waals surface area contributed by atoms with Crippen molar-refractivity contribution in [3.05, 3.63) is 57.3 Å². The number of aliphatic hydroxyl groups is 1. The maximum Gasteiger partial charge on any atom is 0.390 e. The van der Waals surface area contributed by atoms with Gasteiger partial charge in [-0.2, -0.15) is 13.2 Å². The summed E-state index contributed by atoms with van der Waals surface area (Å²) >= 11 is 12.4. The van der Waals surface area contributed by atoms with E-state index in [9.17, 15) is 27.2 Å². The van der Waals surface area contributed by atoms with Gasteiger partial charge in [0.25, 0.3) is 5.91 Å². The summed E-state index contributed by atoms with van der Waals surface area (Å²) in [7, 11) is 0. The molecule has 0 aliphatic carbocycles. The lowest BCUT2D eigenvalue weighted by atomic mass is 10.1. The van der Waals surface area contributed by atoms with Crippen LogP contribution in [0.25, 0.3) is 0 Å². The Bertz CT molecular complexity index is 1160. The summed E-state index contributed by atoms with van der Waals surface area (Å²) in [4.78, 5) is 27.7. The van der Waals surface area contributed by atoms with E-state index in [1.165, 1.54) is 18.2 Å². The van der Waals surface area contributed by atoms with Gasteiger partial charge in [0.15, 0.2) is 0 Å². The topological polar surface area (TPSA) is 111 Å². The van der Waals surface area contributed by atoms with E-state index in [4.69, 9.17) is 34.0 Å². The minimum absolute atomic E-state index is 0.0267. The number of aliphatic hydroxyl groups excluding tert-OH is 1. The fraction of sp³-hybridized carbons (Fsp3) is 0.417. The highest BCUT2D eigenvalue weighted by Gasteiger charge is 2.29. The van der Waals surface area contributed by atoms with E-state index in [0.717, 1.165) is 6.07 Å². The normalized spacial score (nSPS) is 15.4. The Hall–Kier alpha value is -2.64. The van der Waals surface area contributed by atoms with Crippen LogP contribution >= 0.6 is 23.2 Å². The molecule has 0 unspecified atom stereocenters. The maximum atomic E-state index is 14.8. The number of carbonyl (C=O) groups is 2. The van der Waals surface area contributed by atoms with Crippen molar-refractivity contribution in [2.24, 2.45) is 5.73 Å². The predicted molar refractivity (Wildman–Crippen MR) is 137 cm³/mol. The average molecular weight is 580 g/mol. The fourth-order valence-electron chi connectivity index (χ4n) is 3.93. The molecule has 8 nitrogen and oxygen atoms in total. The number of nitrogens with two attached hydrogens (primary N) is 1. The molecule has 2 aromatic rings. The molecule has 1 aliphatic heterocycles. The standard InChI is InChI=1S/C24H27Cl2F4N5O3/c25-16-10-19(21(11-17(16)26)35-7-5-34(6-8-35)4-3-24(28,29)30)33-23(38)15-2-1-14(9-18(15)27)12-32-20(13-36)22(31)37/h1-2,9-11,20,32,36H,3-8,12-13H2,(H2,31,37)(H,33,38)/t20-/m0/s1. The molecule has 208 valence electrons. The first-order valence-electron chi connectivity index (χ1n) is 11.6. The molecule has 2 aromatic carbocycles. The Kier molecular flexibility index (Phi) is 10.2. The quantitative estimate of drug-likeness (QED) is 0.321. The number of alkyl halides is 3. The van der Waals surface area contributed by atoms with Crippen molar-refractivity contribution >= 4 is 46.4 Å². The van der Waals surface area contributed by atoms with Gasteiger partial charge in [-0.05, 0) is 29.8 Å². The second-order valence-electron chi connectivity index (χ2n) is 8.76. The van der Waals surface area contributed by atoms with E-state index < -0.39 is 42.9 Å². The summed E-state index contributed by atoms with van der Waals surface area (Å²) < 4.78 is 52.5. The zero-order valence-corrected chi connectivity index (χ0v) is 21.6. The number of piperazine rings is 1. The third-order valence-corrected chi connectivity index (χ3v) is 6.79. The van der Waals surface area contributed by atoms with Crippen LogP contribution in [0.5, 0.6) is 0 Å². The van der Waals surface area contributed by atoms with Gasteiger partial charge < -0.3 is 21.1 Å². The number of anilines is 2. The zero-order chi connectivity index (χ0) is 28.0. The van der Waals surface area contributed by atoms with Crippen LogP contribution in [0.1, 0.15) is 22.3 Å². The zero-order valence-electron chi connectivity index (χ0n) is 20.1. The number of hydrogen-bond donors (Lipinski definition) is 4. The second kappa shape index (κ2) is 12.9. The van der Waals surface area contributed by atoms with E-state index in [1.54, 1.807) is 11.0 Å². The van der Waals surface area contributed by atoms with Gasteiger partial charge in [-0.3, -0.25) is 19.8 Å². The number of primary amides is 1. The molecular weight excluding hydrogens is 553 g/mol. The van der Waals surface area contributed by atoms with Crippen LogP contribution in [0.3, 0.4) is 0 Å². The lowest BCUT2D eigenvalue weighted by Crippen LogP contribution is -2.47. The minimum atomic E-state index is -4.23. The van der Waals surface area contributed by atoms with Gasteiger partial charge in [-0.1, -0.05) is 29.3 Å². The van der Waals surface area contributed by atoms with Gasteiger partial charge in [0.05, 0.1) is 40.0 Å². The Labute approximate surface area is 226 Å². The van der Waals surface area contributed by atoms with E-state index in [0.29, 0.717) is 37.4 Å². The number of halogens is 6. The molecule has 14 heteroatoms. The van der Waals surface area contributed by atoms with Crippen LogP contribution < -0.4 is 21.3 Å². The summed E-state index contributed by atoms with van der Waals surface area (Å²) in [5.41, 5.74) is 6.08. The van der Waals surface area contributed by atoms with E-state index in [2.05, 4.69) is 10.6 Å². The molecule has 0 aromatic heterocycles. The Balaban J connectivity index is 1.71. The summed E-state index contributed by atoms with van der Waals surface area (Å²) in [5, 5.41) is 14.9. The van der Waals surface area contributed by atoms with E-state index in [-0.39, 0.29) is 34.4 Å². The number of hydrogen-bond acceptors (Lipinski definition) is 6. The molecular formula is C24H27Cl2F4N5O3. The largest absolute Gasteiger partial charge is 0.394 e. The summed E-state index contributed by atoms with van der Waals surface area (Å²) in [5.74, 6) is -2.33. The van der Waals surface area contributed by atoms with Gasteiger partial charge in [0.1, 0.15) is 11.9 Å². The Morgan fingerprint density at radius 2 is 1.74 bits per heavy atom. The first-order valence-corrected chi connectivity index (χ1v) is 12.4. The first kappa shape index (κ1) is 29.9. The summed E-state index contributed by atoms with van der Waals surface area (Å²) in [6, 6.07) is 5.86. The van der Waals surface area contributed by atoms with Crippen molar-refractivity contribution in [2.45, 2.75) is 25.2 Å². The molecule has 0 bridgehead atoms. The second-order valence-corrected chi connectivity index (χ2v) is 9.58. The first-order chi connectivity index (χ1) is 17.9. The Morgan fingerprint density at radius 3 is 2.32 bits per heavy atom. The number of nitrogens with one attached hydrogen (secondary N) is 2. The third-order valence-electron chi connectivity index (χ3n) is 6.07. The number of amides is 2. The van der Waals surface area contributed by atoms with E-state index >= 15 is 0 Å². The van der Waals surface area contributed by atoms with Gasteiger partial charge in [-0.15, -0.1) is 0 Å². The van der Waals surface area contributed by atoms with Crippen molar-refractivity contribution in [3.63, 3.8) is 0 Å². The van der Waals surface area contributed by atoms with Crippen molar-refractivity contribution in [1.82, 2.24) is 10.2 Å². The van der Waals surface area contributed by atoms with Crippen molar-refractivity contribution in [2.75, 3.05) is 49.5 Å². The molecule has 38 heavy (non-hydrogen) atoms. The number of carbonyl (C=O) groups excluding carboxylic acids is 2. The molecule has 3 rings (SSSR count). The minimum Gasteiger partial charge on any atom is -0.394 e. The molecule has 1 saturated heterocycles. The highest BCUT2D eigenvalue weighted by molar-refractivity contribution is 6.42. The third kappa shape index (κ3) is 8.18. The highest BCUT2D eigenvalue weighted by atomic mass is 35.5. The number of rotatable bonds is 10. The van der Waals surface area contributed by atoms with E-state index in [1.807, 2.05) is 4.90 Å². The van der Waals surface area contributed by atoms with Crippen molar-refractivity contribution in [3.8, 4) is 0 Å². The predicted octanol–water partition coefficient (Wildman–Crippen LogP) is 3.40. The van der Waals surface area contributed by atoms with Crippen LogP contribution in [0.2, 0.25) is 10.0 Å². The molecule has 0 spiro atoms. The van der Waals surface area contributed by atoms with Gasteiger partial charge in [-0.25, -0.2) is 4.39 Å². The average Bonchev–Trinajstić information content (AvgIpc) is 2.85. The van der Waals surface area contributed by atoms with Crippen LogP contribution in [0.4, 0.5) is 28.9 Å². The monoisotopic (exact) mass is 579 g/mol. The summed E-state index contributed by atoms with van der Waals surface area (Å²) in [6.07, 6.45) is -5.12. The molecule has 5 N–H and O–H groups in total. The van der Waals surface area contributed by atoms with Crippen LogP contribution in [0, 0.1) is 5.82 Å². The van der Waals surface area contributed by atoms with Crippen molar-refractivity contribution in [1.29, 1.82) is 0 Å². The van der Waals surface area contributed by atoms with Crippen molar-refractivity contribution < 1.29 is 32.3 Å². The lowest BCUT2D eigenvalue weighted by molar-refractivity contribution is -0.138. The molecule has 1 heterocycles. The van der Waals surface area contributed by atoms with Gasteiger partial charge >= 0.3 is 6.18 Å². The maximum absolute atomic E-state index is 14.8. The lowest BCUT2D eigenvalue weighted by Gasteiger charge is -2.37. The van der Waals surface area contributed by atoms with Crippen LogP contribution in [-0.2, 0) is 11.3 Å². The molecule has 1 aliphatic rings. The molecule has 2 amide bonds. The summed E-state index contributed by atoms with van der Waals surface area (Å²) in [6.45, 7) is 0.924. The van der Waals surface area contributed by atoms with Gasteiger partial charge in [0, 0.05) is 39.3 Å². The molecule has 1 fully saturated rings. The number of benzene rings is 2. The highest BCUT2D eigenvalue weighted by Crippen LogP contribution is 2.36. The molecule has 1 atom stereocenters. The van der Waals surface area contributed by atoms with Crippen LogP contribution in [0.15, 0.2) is 30.3 Å². The smallest absolute Gasteiger partial charge is 0.390 e. The fourth-order valence-corrected chi connectivity index (χ4v) is 4.26. The SMILES string of the molecule is NC(=O)[C@H](CO)NCc1ccc(C(=O)Nc2cc(Cl)c(Cl)cc2N2CCN(CCC(F)(F)F)CC2)c(F)c1. The number of nitrogens with zero attached hydrogens (tertiary/aromatic N) is 2. The Morgan fingerprint density at radius 1 is 1.08 bits per heavy atom. The molecule has 0 saturated carbocycles. The van der Waals surface area contributed by atoms with Crippen LogP contribution in [-0.4, -0.2) is 73.4 Å².